The number of piperazine rings is 1. The van der Waals surface area contributed by atoms with Crippen LogP contribution in [0.15, 0.2) is 22.9 Å². The van der Waals surface area contributed by atoms with Crippen molar-refractivity contribution in [2.24, 2.45) is 0 Å². The normalized spacial score (nSPS) is 23.9. The Kier molecular flexibility index (Phi) is 4.27. The molecule has 3 aliphatic rings. The van der Waals surface area contributed by atoms with Gasteiger partial charge in [-0.2, -0.15) is 13.2 Å². The maximum Gasteiger partial charge on any atom is 0.433 e. The minimum Gasteiger partial charge on any atom is -0.361 e. The van der Waals surface area contributed by atoms with Crippen LogP contribution in [0, 0.1) is 13.8 Å². The first-order valence-corrected chi connectivity index (χ1v) is 8.73. The summed E-state index contributed by atoms with van der Waals surface area (Å²) in [6.45, 7) is 7.23. The van der Waals surface area contributed by atoms with E-state index in [1.165, 1.54) is 24.2 Å². The zero-order valence-corrected chi connectivity index (χ0v) is 14.8. The average molecular weight is 366 g/mol. The lowest BCUT2D eigenvalue weighted by Crippen LogP contribution is -2.67. The molecule has 2 atom stereocenters. The topological polar surface area (TPSA) is 45.4 Å². The summed E-state index contributed by atoms with van der Waals surface area (Å²) >= 11 is 0. The molecule has 0 saturated carbocycles. The monoisotopic (exact) mass is 366 g/mol. The standard InChI is InChI=1S/C18H21F3N4O/c1-11-16(12(2)26-23-11)10-25-14-5-15(25)9-24(8-14)7-13-3-4-17(22-6-13)18(19,20)21/h3-4,6,14-15H,5,7-10H2,1-2H3. The SMILES string of the molecule is Cc1noc(C)c1CN1C2CC1CN(Cc1ccc(C(F)(F)F)nc1)C2. The fraction of sp³-hybridized carbons (Fsp3) is 0.556. The van der Waals surface area contributed by atoms with Crippen LogP contribution in [0.5, 0.6) is 0 Å². The van der Waals surface area contributed by atoms with Crippen molar-refractivity contribution < 1.29 is 17.7 Å². The molecule has 8 heteroatoms. The molecule has 3 aliphatic heterocycles. The van der Waals surface area contributed by atoms with Gasteiger partial charge in [-0.05, 0) is 31.9 Å². The van der Waals surface area contributed by atoms with E-state index in [1.54, 1.807) is 0 Å². The molecule has 5 nitrogen and oxygen atoms in total. The minimum atomic E-state index is -4.38. The highest BCUT2D eigenvalue weighted by Gasteiger charge is 2.44. The molecular weight excluding hydrogens is 345 g/mol. The van der Waals surface area contributed by atoms with Crippen molar-refractivity contribution in [3.05, 3.63) is 46.6 Å². The molecule has 0 aliphatic carbocycles. The largest absolute Gasteiger partial charge is 0.433 e. The van der Waals surface area contributed by atoms with Gasteiger partial charge in [-0.1, -0.05) is 11.2 Å². The Balaban J connectivity index is 1.35. The quantitative estimate of drug-likeness (QED) is 0.832. The van der Waals surface area contributed by atoms with E-state index in [0.29, 0.717) is 18.6 Å². The number of piperidine rings is 1. The third-order valence-corrected chi connectivity index (χ3v) is 5.46. The third kappa shape index (κ3) is 3.23. The predicted octanol–water partition coefficient (Wildman–Crippen LogP) is 3.16. The summed E-state index contributed by atoms with van der Waals surface area (Å²) < 4.78 is 43.0. The van der Waals surface area contributed by atoms with E-state index >= 15 is 0 Å². The van der Waals surface area contributed by atoms with Gasteiger partial charge in [0, 0.05) is 50.0 Å². The molecule has 140 valence electrons. The predicted molar refractivity (Wildman–Crippen MR) is 88.2 cm³/mol. The van der Waals surface area contributed by atoms with E-state index in [-0.39, 0.29) is 0 Å². The van der Waals surface area contributed by atoms with Gasteiger partial charge in [0.1, 0.15) is 11.5 Å². The van der Waals surface area contributed by atoms with Crippen molar-refractivity contribution >= 4 is 0 Å². The van der Waals surface area contributed by atoms with Crippen molar-refractivity contribution in [2.45, 2.75) is 51.6 Å². The lowest BCUT2D eigenvalue weighted by molar-refractivity contribution is -0.141. The summed E-state index contributed by atoms with van der Waals surface area (Å²) in [4.78, 5) is 8.33. The molecule has 2 aromatic heterocycles. The number of aromatic nitrogens is 2. The number of fused-ring (bicyclic) bond motifs is 2. The van der Waals surface area contributed by atoms with Crippen molar-refractivity contribution in [3.63, 3.8) is 0 Å². The molecule has 0 spiro atoms. The molecule has 0 radical (unpaired) electrons. The maximum absolute atomic E-state index is 12.6. The lowest BCUT2D eigenvalue weighted by atomic mass is 9.86. The zero-order chi connectivity index (χ0) is 18.5. The van der Waals surface area contributed by atoms with Gasteiger partial charge in [0.15, 0.2) is 0 Å². The van der Waals surface area contributed by atoms with E-state index in [9.17, 15) is 13.2 Å². The van der Waals surface area contributed by atoms with Crippen molar-refractivity contribution in [3.8, 4) is 0 Å². The Hall–Kier alpha value is -1.93. The highest BCUT2D eigenvalue weighted by molar-refractivity contribution is 5.22. The molecule has 3 fully saturated rings. The lowest BCUT2D eigenvalue weighted by Gasteiger charge is -2.56. The number of nitrogens with zero attached hydrogens (tertiary/aromatic N) is 4. The zero-order valence-electron chi connectivity index (χ0n) is 14.8. The van der Waals surface area contributed by atoms with Gasteiger partial charge in [0.25, 0.3) is 0 Å². The van der Waals surface area contributed by atoms with Crippen LogP contribution in [0.3, 0.4) is 0 Å². The van der Waals surface area contributed by atoms with Crippen LogP contribution in [-0.4, -0.2) is 45.1 Å². The van der Waals surface area contributed by atoms with Crippen molar-refractivity contribution in [1.82, 2.24) is 19.9 Å². The number of aryl methyl sites for hydroxylation is 2. The van der Waals surface area contributed by atoms with Gasteiger partial charge in [0.05, 0.1) is 5.69 Å². The van der Waals surface area contributed by atoms with Gasteiger partial charge in [0.2, 0.25) is 0 Å². The van der Waals surface area contributed by atoms with E-state index in [4.69, 9.17) is 4.52 Å². The van der Waals surface area contributed by atoms with E-state index in [2.05, 4.69) is 19.9 Å². The molecule has 5 heterocycles. The molecule has 2 bridgehead atoms. The van der Waals surface area contributed by atoms with E-state index < -0.39 is 11.9 Å². The van der Waals surface area contributed by atoms with Gasteiger partial charge >= 0.3 is 6.18 Å². The van der Waals surface area contributed by atoms with Crippen LogP contribution in [0.4, 0.5) is 13.2 Å². The van der Waals surface area contributed by atoms with Crippen LogP contribution in [0.1, 0.15) is 34.7 Å². The summed E-state index contributed by atoms with van der Waals surface area (Å²) in [6, 6.07) is 3.54. The van der Waals surface area contributed by atoms with Crippen LogP contribution < -0.4 is 0 Å². The van der Waals surface area contributed by atoms with Crippen LogP contribution in [0.2, 0.25) is 0 Å². The Morgan fingerprint density at radius 2 is 1.88 bits per heavy atom. The Labute approximate surface area is 149 Å². The van der Waals surface area contributed by atoms with Gasteiger partial charge in [-0.3, -0.25) is 14.8 Å². The number of rotatable bonds is 4. The average Bonchev–Trinajstić information content (AvgIpc) is 2.90. The number of hydrogen-bond donors (Lipinski definition) is 0. The molecule has 3 saturated heterocycles. The van der Waals surface area contributed by atoms with Crippen LogP contribution >= 0.6 is 0 Å². The van der Waals surface area contributed by atoms with Crippen molar-refractivity contribution in [1.29, 1.82) is 0 Å². The Bertz CT molecular complexity index is 755. The second-order valence-electron chi connectivity index (χ2n) is 7.26. The fourth-order valence-corrected chi connectivity index (χ4v) is 4.02. The van der Waals surface area contributed by atoms with E-state index in [0.717, 1.165) is 42.7 Å². The van der Waals surface area contributed by atoms with Gasteiger partial charge in [-0.25, -0.2) is 0 Å². The molecule has 5 rings (SSSR count). The molecule has 2 unspecified atom stereocenters. The first kappa shape index (κ1) is 17.5. The first-order valence-electron chi connectivity index (χ1n) is 8.73. The fourth-order valence-electron chi connectivity index (χ4n) is 4.02. The van der Waals surface area contributed by atoms with Crippen molar-refractivity contribution in [2.75, 3.05) is 13.1 Å². The number of hydrogen-bond acceptors (Lipinski definition) is 5. The Morgan fingerprint density at radius 3 is 2.42 bits per heavy atom. The third-order valence-electron chi connectivity index (χ3n) is 5.46. The summed E-state index contributed by atoms with van der Waals surface area (Å²) in [7, 11) is 0. The Morgan fingerprint density at radius 1 is 1.15 bits per heavy atom. The maximum atomic E-state index is 12.6. The molecule has 2 aromatic rings. The van der Waals surface area contributed by atoms with Crippen LogP contribution in [-0.2, 0) is 19.3 Å². The second kappa shape index (κ2) is 6.35. The van der Waals surface area contributed by atoms with Gasteiger partial charge < -0.3 is 4.52 Å². The second-order valence-corrected chi connectivity index (χ2v) is 7.26. The summed E-state index contributed by atoms with van der Waals surface area (Å²) in [6.07, 6.45) is -1.88. The summed E-state index contributed by atoms with van der Waals surface area (Å²) in [5.41, 5.74) is 2.09. The summed E-state index contributed by atoms with van der Waals surface area (Å²) in [5, 5.41) is 4.02. The molecule has 0 N–H and O–H groups in total. The van der Waals surface area contributed by atoms with Crippen LogP contribution in [0.25, 0.3) is 0 Å². The number of alkyl halides is 3. The summed E-state index contributed by atoms with van der Waals surface area (Å²) in [5.74, 6) is 0.875. The first-order chi connectivity index (χ1) is 12.3. The smallest absolute Gasteiger partial charge is 0.361 e. The van der Waals surface area contributed by atoms with E-state index in [1.807, 2.05) is 13.8 Å². The molecule has 0 aromatic carbocycles. The number of pyridine rings is 1. The number of halogens is 3. The molecule has 0 amide bonds. The highest BCUT2D eigenvalue weighted by atomic mass is 19.4. The highest BCUT2D eigenvalue weighted by Crippen LogP contribution is 2.35. The minimum absolute atomic E-state index is 0.477. The molecule has 26 heavy (non-hydrogen) atoms. The van der Waals surface area contributed by atoms with Gasteiger partial charge in [-0.15, -0.1) is 0 Å². The molecular formula is C18H21F3N4O.